The molecule has 5 rings (SSSR count). The Labute approximate surface area is 216 Å². The summed E-state index contributed by atoms with van der Waals surface area (Å²) in [6.45, 7) is 4.00. The second-order valence-electron chi connectivity index (χ2n) is 10.9. The van der Waals surface area contributed by atoms with Gasteiger partial charge in [0.1, 0.15) is 24.2 Å². The van der Waals surface area contributed by atoms with Crippen molar-refractivity contribution in [1.29, 1.82) is 0 Å². The Balaban J connectivity index is 0.00000148. The van der Waals surface area contributed by atoms with Crippen LogP contribution in [-0.2, 0) is 24.2 Å². The summed E-state index contributed by atoms with van der Waals surface area (Å²) in [7, 11) is -1.70. The molecule has 0 amide bonds. The van der Waals surface area contributed by atoms with E-state index in [0.717, 1.165) is 68.9 Å². The molecule has 5 aliphatic rings. The zero-order chi connectivity index (χ0) is 26.0. The van der Waals surface area contributed by atoms with E-state index in [0.29, 0.717) is 18.8 Å². The molecule has 0 aromatic rings. The first-order valence-corrected chi connectivity index (χ1v) is 15.8. The van der Waals surface area contributed by atoms with Crippen LogP contribution >= 0.6 is 0 Å². The van der Waals surface area contributed by atoms with E-state index < -0.39 is 27.1 Å². The largest absolute Gasteiger partial charge is 0.399 e. The van der Waals surface area contributed by atoms with Crippen LogP contribution in [0, 0.1) is 17.8 Å². The van der Waals surface area contributed by atoms with Gasteiger partial charge in [0.05, 0.1) is 24.3 Å². The van der Waals surface area contributed by atoms with Gasteiger partial charge in [0, 0.05) is 12.7 Å². The smallest absolute Gasteiger partial charge is 0.157 e. The van der Waals surface area contributed by atoms with Gasteiger partial charge in [0.2, 0.25) is 0 Å². The van der Waals surface area contributed by atoms with Crippen LogP contribution in [-0.4, -0.2) is 62.4 Å². The van der Waals surface area contributed by atoms with Crippen LogP contribution in [0.3, 0.4) is 0 Å². The summed E-state index contributed by atoms with van der Waals surface area (Å²) in [6, 6.07) is 0. The predicted molar refractivity (Wildman–Crippen MR) is 140 cm³/mol. The molecule has 202 valence electrons. The van der Waals surface area contributed by atoms with E-state index in [1.54, 1.807) is 0 Å². The SMILES string of the molecule is CC.CO/N=C/C1C(=O)CC(C2CCCCC(OC3C4=C5CCC(=C3CC4)C5S(C)(=O)=O)C2)CC1O. The van der Waals surface area contributed by atoms with E-state index >= 15 is 0 Å². The van der Waals surface area contributed by atoms with Gasteiger partial charge in [-0.15, -0.1) is 0 Å². The van der Waals surface area contributed by atoms with Crippen LogP contribution in [0.15, 0.2) is 27.4 Å². The summed E-state index contributed by atoms with van der Waals surface area (Å²) < 4.78 is 31.8. The highest BCUT2D eigenvalue weighted by atomic mass is 32.2. The molecule has 5 unspecified atom stereocenters. The standard InChI is InChI=1S/C26H37NO6S.C2H6/c1-32-27-14-22-23(28)12-16(13-24(22)29)15-5-3-4-6-17(11-15)33-25-18-7-8-19(25)21-10-9-20(18)26(21)34(2,30)31;1-2/h14-17,22-23,25-26,28H,3-13H2,1-2H3;1-2H3/b27-14+;. The minimum atomic E-state index is -3.14. The van der Waals surface area contributed by atoms with Crippen LogP contribution in [0.4, 0.5) is 0 Å². The van der Waals surface area contributed by atoms with Gasteiger partial charge in [-0.05, 0) is 79.1 Å². The molecule has 8 heteroatoms. The molecule has 5 atom stereocenters. The zero-order valence-electron chi connectivity index (χ0n) is 22.2. The number of carbonyl (C=O) groups excluding carboxylic acids is 1. The summed E-state index contributed by atoms with van der Waals surface area (Å²) in [5.74, 6) is -0.0221. The van der Waals surface area contributed by atoms with E-state index in [1.165, 1.54) is 30.7 Å². The average Bonchev–Trinajstić information content (AvgIpc) is 3.26. The third-order valence-corrected chi connectivity index (χ3v) is 10.3. The number of aliphatic hydroxyl groups excluding tert-OH is 1. The molecule has 0 heterocycles. The van der Waals surface area contributed by atoms with Crippen molar-refractivity contribution >= 4 is 21.8 Å². The number of carbonyl (C=O) groups is 1. The summed E-state index contributed by atoms with van der Waals surface area (Å²) in [5.41, 5.74) is 4.68. The van der Waals surface area contributed by atoms with Gasteiger partial charge in [-0.1, -0.05) is 38.3 Å². The van der Waals surface area contributed by atoms with Crippen molar-refractivity contribution in [3.05, 3.63) is 22.3 Å². The monoisotopic (exact) mass is 521 g/mol. The molecular formula is C28H43NO6S. The van der Waals surface area contributed by atoms with E-state index in [9.17, 15) is 18.3 Å². The molecule has 0 radical (unpaired) electrons. The lowest BCUT2D eigenvalue weighted by Gasteiger charge is -2.36. The van der Waals surface area contributed by atoms with Gasteiger partial charge >= 0.3 is 0 Å². The molecule has 7 nitrogen and oxygen atoms in total. The van der Waals surface area contributed by atoms with Crippen molar-refractivity contribution in [2.75, 3.05) is 13.4 Å². The van der Waals surface area contributed by atoms with Crippen molar-refractivity contribution in [3.8, 4) is 0 Å². The molecule has 4 fully saturated rings. The van der Waals surface area contributed by atoms with E-state index in [2.05, 4.69) is 5.16 Å². The van der Waals surface area contributed by atoms with Gasteiger partial charge in [-0.3, -0.25) is 4.79 Å². The van der Waals surface area contributed by atoms with Crippen LogP contribution in [0.5, 0.6) is 0 Å². The quantitative estimate of drug-likeness (QED) is 0.238. The number of aliphatic hydroxyl groups is 1. The van der Waals surface area contributed by atoms with Gasteiger partial charge in [-0.2, -0.15) is 0 Å². The van der Waals surface area contributed by atoms with E-state index in [1.807, 2.05) is 13.8 Å². The van der Waals surface area contributed by atoms with Crippen molar-refractivity contribution in [3.63, 3.8) is 0 Å². The van der Waals surface area contributed by atoms with Crippen LogP contribution in [0.25, 0.3) is 0 Å². The van der Waals surface area contributed by atoms with E-state index in [4.69, 9.17) is 9.57 Å². The lowest BCUT2D eigenvalue weighted by Crippen LogP contribution is -2.40. The topological polar surface area (TPSA) is 102 Å². The number of sulfone groups is 1. The fraction of sp³-hybridized carbons (Fsp3) is 0.786. The number of fused-ring (bicyclic) bond motifs is 4. The van der Waals surface area contributed by atoms with Crippen LogP contribution in [0.2, 0.25) is 0 Å². The number of hydrogen-bond acceptors (Lipinski definition) is 7. The second kappa shape index (κ2) is 11.5. The molecule has 0 saturated heterocycles. The second-order valence-corrected chi connectivity index (χ2v) is 13.1. The Morgan fingerprint density at radius 1 is 0.944 bits per heavy atom. The Kier molecular flexibility index (Phi) is 8.78. The molecule has 4 bridgehead atoms. The Bertz CT molecular complexity index is 999. The molecule has 0 spiro atoms. The highest BCUT2D eigenvalue weighted by Crippen LogP contribution is 2.53. The maximum atomic E-state index is 12.7. The van der Waals surface area contributed by atoms with Gasteiger partial charge in [0.15, 0.2) is 9.84 Å². The first-order chi connectivity index (χ1) is 17.3. The van der Waals surface area contributed by atoms with Gasteiger partial charge in [-0.25, -0.2) is 8.42 Å². The van der Waals surface area contributed by atoms with Crippen molar-refractivity contribution < 1.29 is 27.9 Å². The molecule has 0 aromatic heterocycles. The summed E-state index contributed by atoms with van der Waals surface area (Å²) in [5, 5.41) is 14.0. The van der Waals surface area contributed by atoms with Gasteiger partial charge < -0.3 is 14.7 Å². The maximum Gasteiger partial charge on any atom is 0.157 e. The number of ketones is 1. The van der Waals surface area contributed by atoms with Crippen molar-refractivity contribution in [2.24, 2.45) is 22.9 Å². The number of ether oxygens (including phenoxy) is 1. The molecule has 1 N–H and O–H groups in total. The summed E-state index contributed by atoms with van der Waals surface area (Å²) in [4.78, 5) is 17.4. The van der Waals surface area contributed by atoms with Crippen molar-refractivity contribution in [1.82, 2.24) is 0 Å². The maximum absolute atomic E-state index is 12.7. The number of nitrogens with zero attached hydrogens (tertiary/aromatic N) is 1. The number of Topliss-reactive ketones (excluding diaryl/α,β-unsaturated/α-hetero) is 1. The highest BCUT2D eigenvalue weighted by molar-refractivity contribution is 7.91. The minimum Gasteiger partial charge on any atom is -0.399 e. The van der Waals surface area contributed by atoms with Crippen LogP contribution in [0.1, 0.15) is 84.5 Å². The molecular weight excluding hydrogens is 478 g/mol. The van der Waals surface area contributed by atoms with Crippen molar-refractivity contribution in [2.45, 2.75) is 108 Å². The average molecular weight is 522 g/mol. The third kappa shape index (κ3) is 5.37. The molecule has 0 aromatic carbocycles. The highest BCUT2D eigenvalue weighted by Gasteiger charge is 2.48. The minimum absolute atomic E-state index is 0.0394. The molecule has 36 heavy (non-hydrogen) atoms. The fourth-order valence-electron chi connectivity index (χ4n) is 7.39. The lowest BCUT2D eigenvalue weighted by atomic mass is 9.71. The normalized spacial score (nSPS) is 36.7. The number of oxime groups is 1. The van der Waals surface area contributed by atoms with E-state index in [-0.39, 0.29) is 23.9 Å². The van der Waals surface area contributed by atoms with Gasteiger partial charge in [0.25, 0.3) is 0 Å². The Morgan fingerprint density at radius 2 is 1.56 bits per heavy atom. The molecule has 5 aliphatic carbocycles. The fourth-order valence-corrected chi connectivity index (χ4v) is 8.97. The first-order valence-electron chi connectivity index (χ1n) is 13.8. The lowest BCUT2D eigenvalue weighted by molar-refractivity contribution is -0.129. The number of rotatable bonds is 6. The Hall–Kier alpha value is -1.51. The molecule has 0 aliphatic heterocycles. The first kappa shape index (κ1) is 27.5. The zero-order valence-corrected chi connectivity index (χ0v) is 23.1. The summed E-state index contributed by atoms with van der Waals surface area (Å²) in [6.07, 6.45) is 12.0. The Morgan fingerprint density at radius 3 is 2.14 bits per heavy atom. The number of hydrogen-bond donors (Lipinski definition) is 1. The third-order valence-electron chi connectivity index (χ3n) is 8.88. The van der Waals surface area contributed by atoms with Crippen LogP contribution < -0.4 is 0 Å². The summed E-state index contributed by atoms with van der Waals surface area (Å²) >= 11 is 0. The predicted octanol–water partition coefficient (Wildman–Crippen LogP) is 4.54. The molecule has 4 saturated carbocycles.